The van der Waals surface area contributed by atoms with Crippen molar-refractivity contribution in [3.05, 3.63) is 64.2 Å². The number of pyridine rings is 1. The number of piperazine rings is 1. The summed E-state index contributed by atoms with van der Waals surface area (Å²) in [6.07, 6.45) is 1.27. The first kappa shape index (κ1) is 30.6. The Morgan fingerprint density at radius 2 is 1.82 bits per heavy atom. The van der Waals surface area contributed by atoms with Gasteiger partial charge in [0.1, 0.15) is 28.0 Å². The molecule has 0 amide bonds. The number of aromatic nitrogens is 2. The zero-order valence-corrected chi connectivity index (χ0v) is 27.9. The molecule has 3 heterocycles. The summed E-state index contributed by atoms with van der Waals surface area (Å²) < 4.78 is 36.7. The Hall–Kier alpha value is -3.43. The average molecular weight is 633 g/mol. The van der Waals surface area contributed by atoms with Crippen molar-refractivity contribution in [3.8, 4) is 17.3 Å². The number of fused-ring (bicyclic) bond motifs is 2. The minimum absolute atomic E-state index is 0.0149. The molecule has 1 N–H and O–H groups in total. The van der Waals surface area contributed by atoms with Gasteiger partial charge in [-0.3, -0.25) is 0 Å². The van der Waals surface area contributed by atoms with Crippen molar-refractivity contribution < 1.29 is 13.2 Å². The molecule has 0 spiro atoms. The molecule has 0 radical (unpaired) electrons. The van der Waals surface area contributed by atoms with Gasteiger partial charge in [-0.25, -0.2) is 18.7 Å². The first-order chi connectivity index (χ1) is 20.9. The van der Waals surface area contributed by atoms with Gasteiger partial charge in [0.2, 0.25) is 0 Å². The zero-order chi connectivity index (χ0) is 31.4. The van der Waals surface area contributed by atoms with E-state index in [4.69, 9.17) is 14.4 Å². The molecule has 2 aromatic carbocycles. The summed E-state index contributed by atoms with van der Waals surface area (Å²) in [6, 6.07) is 11.9. The number of anilines is 3. The fourth-order valence-corrected chi connectivity index (χ4v) is 7.99. The topological polar surface area (TPSA) is 77.3 Å². The van der Waals surface area contributed by atoms with Crippen LogP contribution in [-0.4, -0.2) is 51.5 Å². The number of nitriles is 1. The van der Waals surface area contributed by atoms with E-state index in [0.29, 0.717) is 32.2 Å². The molecular formula is C33H38F2N6OSSi. The Kier molecular flexibility index (Phi) is 7.99. The number of nitrogens with one attached hydrogen (secondary N) is 1. The first-order valence-corrected chi connectivity index (χ1v) is 18.8. The molecule has 11 heteroatoms. The molecule has 1 unspecified atom stereocenters. The fraction of sp³-hybridized carbons (Fsp3) is 0.424. The third-order valence-electron chi connectivity index (χ3n) is 9.27. The first-order valence-electron chi connectivity index (χ1n) is 15.1. The lowest BCUT2D eigenvalue weighted by Gasteiger charge is -2.38. The summed E-state index contributed by atoms with van der Waals surface area (Å²) >= 11 is 1.27. The van der Waals surface area contributed by atoms with E-state index in [1.54, 1.807) is 18.2 Å². The summed E-state index contributed by atoms with van der Waals surface area (Å²) in [5, 5.41) is 14.7. The minimum Gasteiger partial charge on any atom is -0.408 e. The molecule has 1 saturated heterocycles. The second-order valence-electron chi connectivity index (χ2n) is 13.1. The van der Waals surface area contributed by atoms with Gasteiger partial charge in [-0.05, 0) is 67.4 Å². The number of rotatable bonds is 6. The molecule has 4 aromatic rings. The summed E-state index contributed by atoms with van der Waals surface area (Å²) in [6.45, 7) is 14.4. The predicted molar refractivity (Wildman–Crippen MR) is 176 cm³/mol. The molecule has 44 heavy (non-hydrogen) atoms. The van der Waals surface area contributed by atoms with Gasteiger partial charge in [-0.15, -0.1) is 0 Å². The van der Waals surface area contributed by atoms with Crippen LogP contribution < -0.4 is 15.1 Å². The maximum atomic E-state index is 16.1. The van der Waals surface area contributed by atoms with Crippen molar-refractivity contribution in [2.75, 3.05) is 43.0 Å². The summed E-state index contributed by atoms with van der Waals surface area (Å²) in [5.41, 5.74) is 4.95. The Bertz CT molecular complexity index is 1760. The van der Waals surface area contributed by atoms with Gasteiger partial charge < -0.3 is 19.5 Å². The average Bonchev–Trinajstić information content (AvgIpc) is 3.60. The Morgan fingerprint density at radius 3 is 2.48 bits per heavy atom. The van der Waals surface area contributed by atoms with E-state index in [1.807, 2.05) is 18.0 Å². The van der Waals surface area contributed by atoms with E-state index in [-0.39, 0.29) is 22.8 Å². The van der Waals surface area contributed by atoms with Crippen LogP contribution in [0.5, 0.6) is 0 Å². The van der Waals surface area contributed by atoms with E-state index in [0.717, 1.165) is 61.7 Å². The maximum Gasteiger partial charge on any atom is 0.192 e. The summed E-state index contributed by atoms with van der Waals surface area (Å²) in [5.74, 6) is -0.717. The van der Waals surface area contributed by atoms with Gasteiger partial charge in [0.15, 0.2) is 19.3 Å². The van der Waals surface area contributed by atoms with Crippen LogP contribution in [0, 0.1) is 23.0 Å². The van der Waals surface area contributed by atoms with Gasteiger partial charge in [-0.2, -0.15) is 5.26 Å². The maximum absolute atomic E-state index is 16.1. The molecule has 1 aliphatic heterocycles. The second kappa shape index (κ2) is 11.5. The largest absolute Gasteiger partial charge is 0.408 e. The highest BCUT2D eigenvalue weighted by atomic mass is 32.1. The standard InChI is InChI=1S/C33H38F2N6OSSi/c1-33(2,3)44(5,6)42-26-12-11-23-30(26)38-29-24(17-22(18-25(29)35)41-15-13-37-14-16-41)31(23)40(4)32-39-28(27(19-36)43-32)20-7-9-21(34)10-8-20/h7-10,17-18,26,37H,11-16H2,1-6H3. The van der Waals surface area contributed by atoms with Crippen LogP contribution in [0.25, 0.3) is 22.2 Å². The monoisotopic (exact) mass is 632 g/mol. The fourth-order valence-electron chi connectivity index (χ4n) is 5.84. The van der Waals surface area contributed by atoms with Crippen molar-refractivity contribution in [2.24, 2.45) is 0 Å². The molecule has 7 nitrogen and oxygen atoms in total. The highest BCUT2D eigenvalue weighted by Gasteiger charge is 2.42. The molecule has 6 rings (SSSR count). The smallest absolute Gasteiger partial charge is 0.192 e. The molecule has 2 aliphatic rings. The molecule has 0 bridgehead atoms. The van der Waals surface area contributed by atoms with Crippen LogP contribution in [0.2, 0.25) is 18.1 Å². The number of thiazole rings is 1. The van der Waals surface area contributed by atoms with E-state index >= 15 is 4.39 Å². The van der Waals surface area contributed by atoms with E-state index < -0.39 is 8.32 Å². The summed E-state index contributed by atoms with van der Waals surface area (Å²) in [4.78, 5) is 14.5. The van der Waals surface area contributed by atoms with E-state index in [2.05, 4.69) is 50.2 Å². The van der Waals surface area contributed by atoms with Crippen molar-refractivity contribution in [2.45, 2.75) is 57.8 Å². The minimum atomic E-state index is -2.14. The van der Waals surface area contributed by atoms with Gasteiger partial charge in [0, 0.05) is 55.4 Å². The molecule has 1 atom stereocenters. The SMILES string of the molecule is CN(c1nc(-c2ccc(F)cc2)c(C#N)s1)c1c2c(nc3c(F)cc(N4CCNCC4)cc13)C(O[Si](C)(C)C(C)(C)C)CC2. The van der Waals surface area contributed by atoms with Crippen LogP contribution >= 0.6 is 11.3 Å². The Balaban J connectivity index is 1.52. The number of nitrogens with zero attached hydrogens (tertiary/aromatic N) is 5. The zero-order valence-electron chi connectivity index (χ0n) is 26.1. The van der Waals surface area contributed by atoms with E-state index in [1.165, 1.54) is 23.5 Å². The molecule has 230 valence electrons. The quantitative estimate of drug-likeness (QED) is 0.218. The highest BCUT2D eigenvalue weighted by Crippen LogP contribution is 2.49. The van der Waals surface area contributed by atoms with Crippen LogP contribution in [0.3, 0.4) is 0 Å². The number of hydrogen-bond acceptors (Lipinski definition) is 8. The molecule has 1 fully saturated rings. The molecule has 0 saturated carbocycles. The Labute approximate surface area is 262 Å². The lowest BCUT2D eigenvalue weighted by Crippen LogP contribution is -2.43. The van der Waals surface area contributed by atoms with Gasteiger partial charge in [0.25, 0.3) is 0 Å². The normalized spacial score (nSPS) is 17.2. The summed E-state index contributed by atoms with van der Waals surface area (Å²) in [7, 11) is -0.226. The molecular weight excluding hydrogens is 595 g/mol. The van der Waals surface area contributed by atoms with Crippen LogP contribution in [0.1, 0.15) is 49.4 Å². The van der Waals surface area contributed by atoms with Crippen LogP contribution in [0.15, 0.2) is 36.4 Å². The van der Waals surface area contributed by atoms with Crippen molar-refractivity contribution >= 4 is 47.1 Å². The second-order valence-corrected chi connectivity index (χ2v) is 18.9. The van der Waals surface area contributed by atoms with Gasteiger partial charge in [0.05, 0.1) is 17.5 Å². The van der Waals surface area contributed by atoms with Crippen molar-refractivity contribution in [1.29, 1.82) is 5.26 Å². The van der Waals surface area contributed by atoms with Gasteiger partial charge in [-0.1, -0.05) is 32.1 Å². The van der Waals surface area contributed by atoms with Crippen LogP contribution in [0.4, 0.5) is 25.3 Å². The van der Waals surface area contributed by atoms with Gasteiger partial charge >= 0.3 is 0 Å². The van der Waals surface area contributed by atoms with Crippen LogP contribution in [-0.2, 0) is 10.8 Å². The molecule has 2 aromatic heterocycles. The highest BCUT2D eigenvalue weighted by molar-refractivity contribution is 7.16. The third-order valence-corrected chi connectivity index (χ3v) is 14.8. The van der Waals surface area contributed by atoms with Crippen molar-refractivity contribution in [3.63, 3.8) is 0 Å². The number of benzene rings is 2. The number of hydrogen-bond donors (Lipinski definition) is 1. The third kappa shape index (κ3) is 5.49. The Morgan fingerprint density at radius 1 is 1.11 bits per heavy atom. The van der Waals surface area contributed by atoms with Crippen molar-refractivity contribution in [1.82, 2.24) is 15.3 Å². The lowest BCUT2D eigenvalue weighted by molar-refractivity contribution is 0.181. The van der Waals surface area contributed by atoms with E-state index in [9.17, 15) is 9.65 Å². The number of halogens is 2. The predicted octanol–water partition coefficient (Wildman–Crippen LogP) is 7.69. The lowest BCUT2D eigenvalue weighted by atomic mass is 10.0. The molecule has 1 aliphatic carbocycles.